The Morgan fingerprint density at radius 3 is 2.60 bits per heavy atom. The fourth-order valence-electron chi connectivity index (χ4n) is 1.17. The molecule has 0 spiro atoms. The molecule has 0 bridgehead atoms. The molecular weight excluding hydrogens is 190 g/mol. The van der Waals surface area contributed by atoms with Gasteiger partial charge in [0.2, 0.25) is 5.91 Å². The Morgan fingerprint density at radius 1 is 1.33 bits per heavy atom. The fraction of sp³-hybridized carbons (Fsp3) is 0.545. The summed E-state index contributed by atoms with van der Waals surface area (Å²) in [5.74, 6) is 0.659. The van der Waals surface area contributed by atoms with E-state index in [9.17, 15) is 4.79 Å². The zero-order valence-corrected chi connectivity index (χ0v) is 9.36. The quantitative estimate of drug-likeness (QED) is 0.739. The van der Waals surface area contributed by atoms with Crippen molar-refractivity contribution in [3.63, 3.8) is 0 Å². The van der Waals surface area contributed by atoms with Crippen molar-refractivity contribution in [2.45, 2.75) is 20.3 Å². The summed E-state index contributed by atoms with van der Waals surface area (Å²) in [7, 11) is 0. The van der Waals surface area contributed by atoms with Crippen LogP contribution in [0.2, 0.25) is 0 Å². The van der Waals surface area contributed by atoms with Gasteiger partial charge in [0, 0.05) is 18.9 Å². The van der Waals surface area contributed by atoms with Gasteiger partial charge in [-0.25, -0.2) is 0 Å². The topological polar surface area (TPSA) is 46.1 Å². The van der Waals surface area contributed by atoms with E-state index in [1.54, 1.807) is 4.68 Å². The zero-order valence-electron chi connectivity index (χ0n) is 9.36. The number of carbonyl (C=O) groups excluding carboxylic acids is 1. The molecule has 84 valence electrons. The van der Waals surface area contributed by atoms with Gasteiger partial charge in [0.15, 0.2) is 0 Å². The maximum Gasteiger partial charge on any atom is 0.240 e. The van der Waals surface area contributed by atoms with E-state index in [0.29, 0.717) is 12.5 Å². The second kappa shape index (κ2) is 6.11. The van der Waals surface area contributed by atoms with Crippen LogP contribution < -0.4 is 10.7 Å². The fourth-order valence-corrected chi connectivity index (χ4v) is 1.17. The van der Waals surface area contributed by atoms with Gasteiger partial charge >= 0.3 is 0 Å². The van der Waals surface area contributed by atoms with Crippen LogP contribution in [0.5, 0.6) is 0 Å². The van der Waals surface area contributed by atoms with Crippen LogP contribution in [0.25, 0.3) is 0 Å². The van der Waals surface area contributed by atoms with Crippen LogP contribution in [-0.2, 0) is 4.79 Å². The molecule has 0 aliphatic carbocycles. The highest BCUT2D eigenvalue weighted by Gasteiger charge is 2.00. The molecule has 0 saturated carbocycles. The molecule has 2 N–H and O–H groups in total. The highest BCUT2D eigenvalue weighted by molar-refractivity contribution is 5.79. The molecule has 1 rings (SSSR count). The minimum atomic E-state index is 0.0318. The highest BCUT2D eigenvalue weighted by atomic mass is 16.2. The van der Waals surface area contributed by atoms with E-state index in [4.69, 9.17) is 0 Å². The summed E-state index contributed by atoms with van der Waals surface area (Å²) in [6.07, 6.45) is 4.75. The normalized spacial score (nSPS) is 10.3. The van der Waals surface area contributed by atoms with Crippen LogP contribution >= 0.6 is 0 Å². The van der Waals surface area contributed by atoms with Gasteiger partial charge in [-0.05, 0) is 24.5 Å². The molecule has 1 aromatic rings. The number of carbonyl (C=O) groups is 1. The van der Waals surface area contributed by atoms with Crippen LogP contribution in [0.1, 0.15) is 20.3 Å². The Bertz CT molecular complexity index is 280. The smallest absolute Gasteiger partial charge is 0.240 e. The Morgan fingerprint density at radius 2 is 2.00 bits per heavy atom. The van der Waals surface area contributed by atoms with Crippen molar-refractivity contribution in [3.05, 3.63) is 24.5 Å². The first-order valence-corrected chi connectivity index (χ1v) is 5.32. The summed E-state index contributed by atoms with van der Waals surface area (Å²) in [5, 5.41) is 2.86. The molecule has 0 unspecified atom stereocenters. The maximum atomic E-state index is 11.3. The standard InChI is InChI=1S/C11H19N3O/c1-10(2)5-6-12-11(15)9-13-14-7-3-4-8-14/h3-4,7-8,10,13H,5-6,9H2,1-2H3,(H,12,15). The summed E-state index contributed by atoms with van der Waals surface area (Å²) in [6, 6.07) is 3.81. The van der Waals surface area contributed by atoms with Crippen LogP contribution in [-0.4, -0.2) is 23.7 Å². The number of hydrogen-bond acceptors (Lipinski definition) is 2. The largest absolute Gasteiger partial charge is 0.355 e. The number of hydrogen-bond donors (Lipinski definition) is 2. The molecular formula is C11H19N3O. The molecule has 0 atom stereocenters. The van der Waals surface area contributed by atoms with Gasteiger partial charge in [-0.1, -0.05) is 13.8 Å². The molecule has 0 saturated heterocycles. The van der Waals surface area contributed by atoms with Crippen molar-refractivity contribution in [3.8, 4) is 0 Å². The van der Waals surface area contributed by atoms with Crippen LogP contribution in [0.3, 0.4) is 0 Å². The van der Waals surface area contributed by atoms with E-state index in [1.165, 1.54) is 0 Å². The van der Waals surface area contributed by atoms with Crippen molar-refractivity contribution in [2.75, 3.05) is 18.5 Å². The summed E-state index contributed by atoms with van der Waals surface area (Å²) in [5.41, 5.74) is 2.97. The molecule has 4 nitrogen and oxygen atoms in total. The third-order valence-corrected chi connectivity index (χ3v) is 2.07. The van der Waals surface area contributed by atoms with E-state index in [0.717, 1.165) is 13.0 Å². The SMILES string of the molecule is CC(C)CCNC(=O)CNn1cccc1. The van der Waals surface area contributed by atoms with Crippen LogP contribution in [0.4, 0.5) is 0 Å². The van der Waals surface area contributed by atoms with Crippen molar-refractivity contribution in [1.29, 1.82) is 0 Å². The molecule has 15 heavy (non-hydrogen) atoms. The Hall–Kier alpha value is -1.45. The van der Waals surface area contributed by atoms with E-state index in [2.05, 4.69) is 24.6 Å². The zero-order chi connectivity index (χ0) is 11.1. The predicted octanol–water partition coefficient (Wildman–Crippen LogP) is 1.19. The highest BCUT2D eigenvalue weighted by Crippen LogP contribution is 1.95. The van der Waals surface area contributed by atoms with Crippen molar-refractivity contribution in [1.82, 2.24) is 9.99 Å². The predicted molar refractivity (Wildman–Crippen MR) is 61.1 cm³/mol. The lowest BCUT2D eigenvalue weighted by Gasteiger charge is -2.09. The van der Waals surface area contributed by atoms with E-state index in [1.807, 2.05) is 24.5 Å². The Kier molecular flexibility index (Phi) is 4.74. The summed E-state index contributed by atoms with van der Waals surface area (Å²) >= 11 is 0. The molecule has 4 heteroatoms. The maximum absolute atomic E-state index is 11.3. The third-order valence-electron chi connectivity index (χ3n) is 2.07. The van der Waals surface area contributed by atoms with E-state index < -0.39 is 0 Å². The second-order valence-corrected chi connectivity index (χ2v) is 3.96. The van der Waals surface area contributed by atoms with Crippen molar-refractivity contribution < 1.29 is 4.79 Å². The number of rotatable bonds is 6. The Labute approximate surface area is 90.6 Å². The minimum Gasteiger partial charge on any atom is -0.355 e. The monoisotopic (exact) mass is 209 g/mol. The molecule has 0 aromatic carbocycles. The van der Waals surface area contributed by atoms with Gasteiger partial charge < -0.3 is 10.7 Å². The molecule has 0 radical (unpaired) electrons. The van der Waals surface area contributed by atoms with Crippen molar-refractivity contribution >= 4 is 5.91 Å². The number of amides is 1. The third kappa shape index (κ3) is 5.10. The van der Waals surface area contributed by atoms with Gasteiger partial charge in [-0.3, -0.25) is 9.47 Å². The summed E-state index contributed by atoms with van der Waals surface area (Å²) in [6.45, 7) is 5.35. The minimum absolute atomic E-state index is 0.0318. The van der Waals surface area contributed by atoms with Gasteiger partial charge in [0.05, 0.1) is 0 Å². The molecule has 1 amide bonds. The molecule has 1 aromatic heterocycles. The van der Waals surface area contributed by atoms with Gasteiger partial charge in [-0.15, -0.1) is 0 Å². The number of nitrogens with zero attached hydrogens (tertiary/aromatic N) is 1. The number of aromatic nitrogens is 1. The first kappa shape index (κ1) is 11.6. The lowest BCUT2D eigenvalue weighted by molar-refractivity contribution is -0.119. The lowest BCUT2D eigenvalue weighted by Crippen LogP contribution is -2.33. The second-order valence-electron chi connectivity index (χ2n) is 3.96. The molecule has 0 aliphatic heterocycles. The van der Waals surface area contributed by atoms with Crippen LogP contribution in [0.15, 0.2) is 24.5 Å². The van der Waals surface area contributed by atoms with Gasteiger partial charge in [0.1, 0.15) is 6.54 Å². The first-order valence-electron chi connectivity index (χ1n) is 5.32. The molecule has 0 fully saturated rings. The average molecular weight is 209 g/mol. The van der Waals surface area contributed by atoms with Gasteiger partial charge in [-0.2, -0.15) is 0 Å². The van der Waals surface area contributed by atoms with Gasteiger partial charge in [0.25, 0.3) is 0 Å². The van der Waals surface area contributed by atoms with Crippen LogP contribution in [0, 0.1) is 5.92 Å². The molecule has 0 aliphatic rings. The van der Waals surface area contributed by atoms with Crippen molar-refractivity contribution in [2.24, 2.45) is 5.92 Å². The lowest BCUT2D eigenvalue weighted by atomic mass is 10.1. The average Bonchev–Trinajstić information content (AvgIpc) is 2.66. The van der Waals surface area contributed by atoms with E-state index >= 15 is 0 Å². The molecule has 1 heterocycles. The number of nitrogens with one attached hydrogen (secondary N) is 2. The summed E-state index contributed by atoms with van der Waals surface area (Å²) in [4.78, 5) is 11.3. The first-order chi connectivity index (χ1) is 7.18. The van der Waals surface area contributed by atoms with E-state index in [-0.39, 0.29) is 5.91 Å². The Balaban J connectivity index is 2.09. The summed E-state index contributed by atoms with van der Waals surface area (Å²) < 4.78 is 1.77.